The minimum Gasteiger partial charge on any atom is -0.368 e. The number of anilines is 3. The Morgan fingerprint density at radius 2 is 1.67 bits per heavy atom. The first-order valence-electron chi connectivity index (χ1n) is 5.26. The van der Waals surface area contributed by atoms with Crippen molar-refractivity contribution in [3.8, 4) is 0 Å². The van der Waals surface area contributed by atoms with Crippen molar-refractivity contribution in [2.45, 2.75) is 6.92 Å². The molecule has 0 bridgehead atoms. The maximum atomic E-state index is 5.98. The van der Waals surface area contributed by atoms with Gasteiger partial charge in [0.1, 0.15) is 5.82 Å². The molecule has 0 aliphatic rings. The molecule has 1 aromatic heterocycles. The summed E-state index contributed by atoms with van der Waals surface area (Å²) in [5.41, 5.74) is 7.28. The Bertz CT molecular complexity index is 494. The number of aromatic nitrogens is 2. The normalized spacial score (nSPS) is 10.4. The number of nitrogen functional groups attached to an aromatic ring is 1. The lowest BCUT2D eigenvalue weighted by Crippen LogP contribution is -2.13. The average Bonchev–Trinajstić information content (AvgIpc) is 2.25. The summed E-state index contributed by atoms with van der Waals surface area (Å²) in [5.74, 6) is 0.934. The van der Waals surface area contributed by atoms with Crippen LogP contribution in [0.2, 0.25) is 10.0 Å². The lowest BCUT2D eigenvalue weighted by Gasteiger charge is -2.19. The lowest BCUT2D eigenvalue weighted by molar-refractivity contribution is 1.06. The Labute approximate surface area is 115 Å². The van der Waals surface area contributed by atoms with Crippen LogP contribution < -0.4 is 10.6 Å². The van der Waals surface area contributed by atoms with Gasteiger partial charge >= 0.3 is 0 Å². The van der Waals surface area contributed by atoms with E-state index in [1.807, 2.05) is 24.9 Å². The first-order valence-corrected chi connectivity index (χ1v) is 6.02. The highest BCUT2D eigenvalue weighted by molar-refractivity contribution is 6.35. The number of hydrogen-bond acceptors (Lipinski definition) is 4. The van der Waals surface area contributed by atoms with Gasteiger partial charge in [-0.15, -0.1) is 0 Å². The summed E-state index contributed by atoms with van der Waals surface area (Å²) in [6, 6.07) is 7.13. The van der Waals surface area contributed by atoms with Crippen molar-refractivity contribution in [3.63, 3.8) is 0 Å². The molecule has 0 atom stereocenters. The van der Waals surface area contributed by atoms with Crippen molar-refractivity contribution >= 4 is 40.7 Å². The third-order valence-electron chi connectivity index (χ3n) is 2.44. The van der Waals surface area contributed by atoms with Crippen LogP contribution in [0.1, 0.15) is 5.69 Å². The molecule has 18 heavy (non-hydrogen) atoms. The van der Waals surface area contributed by atoms with Crippen molar-refractivity contribution in [1.29, 1.82) is 0 Å². The number of aryl methyl sites for hydroxylation is 1. The first kappa shape index (κ1) is 12.9. The van der Waals surface area contributed by atoms with Gasteiger partial charge in [0, 0.05) is 34.5 Å². The molecule has 94 valence electrons. The molecule has 0 saturated carbocycles. The summed E-state index contributed by atoms with van der Waals surface area (Å²) in [6.45, 7) is 1.86. The second-order valence-corrected chi connectivity index (χ2v) is 4.79. The summed E-state index contributed by atoms with van der Waals surface area (Å²) in [6.07, 6.45) is 0. The Hall–Kier alpha value is -1.52. The van der Waals surface area contributed by atoms with Crippen molar-refractivity contribution < 1.29 is 0 Å². The fourth-order valence-electron chi connectivity index (χ4n) is 1.61. The van der Waals surface area contributed by atoms with E-state index in [0.29, 0.717) is 15.9 Å². The van der Waals surface area contributed by atoms with Crippen LogP contribution in [-0.2, 0) is 0 Å². The van der Waals surface area contributed by atoms with Crippen LogP contribution in [0.3, 0.4) is 0 Å². The highest BCUT2D eigenvalue weighted by atomic mass is 35.5. The second-order valence-electron chi connectivity index (χ2n) is 3.91. The maximum absolute atomic E-state index is 5.98. The molecule has 0 spiro atoms. The van der Waals surface area contributed by atoms with Crippen LogP contribution in [0.4, 0.5) is 17.5 Å². The van der Waals surface area contributed by atoms with E-state index in [-0.39, 0.29) is 5.95 Å². The molecular weight excluding hydrogens is 271 g/mol. The van der Waals surface area contributed by atoms with Crippen LogP contribution in [-0.4, -0.2) is 17.0 Å². The van der Waals surface area contributed by atoms with E-state index in [0.717, 1.165) is 11.4 Å². The predicted octanol–water partition coefficient (Wildman–Crippen LogP) is 3.44. The van der Waals surface area contributed by atoms with Crippen LogP contribution in [0, 0.1) is 6.92 Å². The molecule has 2 aromatic rings. The molecule has 6 heteroatoms. The molecule has 0 unspecified atom stereocenters. The number of nitrogens with zero attached hydrogens (tertiary/aromatic N) is 3. The monoisotopic (exact) mass is 282 g/mol. The zero-order valence-corrected chi connectivity index (χ0v) is 11.5. The van der Waals surface area contributed by atoms with Gasteiger partial charge in [-0.05, 0) is 25.1 Å². The summed E-state index contributed by atoms with van der Waals surface area (Å²) >= 11 is 12.0. The third kappa shape index (κ3) is 2.83. The van der Waals surface area contributed by atoms with Crippen molar-refractivity contribution in [2.24, 2.45) is 0 Å². The molecule has 0 aliphatic heterocycles. The average molecular weight is 283 g/mol. The highest BCUT2D eigenvalue weighted by Crippen LogP contribution is 2.28. The third-order valence-corrected chi connectivity index (χ3v) is 2.87. The lowest BCUT2D eigenvalue weighted by atomic mass is 10.3. The SMILES string of the molecule is Cc1cc(N(C)c2cc(Cl)cc(Cl)c2)nc(N)n1. The molecule has 2 N–H and O–H groups in total. The van der Waals surface area contributed by atoms with Crippen LogP contribution in [0.5, 0.6) is 0 Å². The molecule has 2 rings (SSSR count). The zero-order valence-electron chi connectivity index (χ0n) is 9.98. The minimum absolute atomic E-state index is 0.241. The number of rotatable bonds is 2. The molecule has 0 fully saturated rings. The van der Waals surface area contributed by atoms with Gasteiger partial charge in [-0.2, -0.15) is 4.98 Å². The Kier molecular flexibility index (Phi) is 3.59. The Balaban J connectivity index is 2.43. The minimum atomic E-state index is 0.241. The van der Waals surface area contributed by atoms with E-state index >= 15 is 0 Å². The van der Waals surface area contributed by atoms with E-state index in [9.17, 15) is 0 Å². The smallest absolute Gasteiger partial charge is 0.222 e. The Morgan fingerprint density at radius 1 is 1.06 bits per heavy atom. The Morgan fingerprint density at radius 3 is 2.22 bits per heavy atom. The van der Waals surface area contributed by atoms with E-state index < -0.39 is 0 Å². The number of hydrogen-bond donors (Lipinski definition) is 1. The van der Waals surface area contributed by atoms with Gasteiger partial charge in [-0.25, -0.2) is 4.98 Å². The molecule has 0 radical (unpaired) electrons. The molecular formula is C12H12Cl2N4. The molecule has 4 nitrogen and oxygen atoms in total. The molecule has 0 aliphatic carbocycles. The zero-order chi connectivity index (χ0) is 13.3. The predicted molar refractivity (Wildman–Crippen MR) is 75.7 cm³/mol. The summed E-state index contributed by atoms with van der Waals surface area (Å²) in [7, 11) is 1.86. The van der Waals surface area contributed by atoms with Crippen molar-refractivity contribution in [1.82, 2.24) is 9.97 Å². The van der Waals surface area contributed by atoms with E-state index in [4.69, 9.17) is 28.9 Å². The number of nitrogens with two attached hydrogens (primary N) is 1. The maximum Gasteiger partial charge on any atom is 0.222 e. The molecule has 1 aromatic carbocycles. The van der Waals surface area contributed by atoms with Gasteiger partial charge in [-0.1, -0.05) is 23.2 Å². The van der Waals surface area contributed by atoms with Gasteiger partial charge in [0.2, 0.25) is 5.95 Å². The quantitative estimate of drug-likeness (QED) is 0.917. The molecule has 0 amide bonds. The first-order chi connectivity index (χ1) is 8.45. The standard InChI is InChI=1S/C12H12Cl2N4/c1-7-3-11(17-12(15)16-7)18(2)10-5-8(13)4-9(14)6-10/h3-6H,1-2H3,(H2,15,16,17). The fourth-order valence-corrected chi connectivity index (χ4v) is 2.13. The largest absolute Gasteiger partial charge is 0.368 e. The molecule has 1 heterocycles. The number of halogens is 2. The van der Waals surface area contributed by atoms with Crippen molar-refractivity contribution in [3.05, 3.63) is 40.0 Å². The van der Waals surface area contributed by atoms with Gasteiger partial charge in [0.05, 0.1) is 0 Å². The van der Waals surface area contributed by atoms with Crippen LogP contribution >= 0.6 is 23.2 Å². The topological polar surface area (TPSA) is 55.0 Å². The summed E-state index contributed by atoms with van der Waals surface area (Å²) < 4.78 is 0. The van der Waals surface area contributed by atoms with Gasteiger partial charge in [0.15, 0.2) is 0 Å². The van der Waals surface area contributed by atoms with Crippen molar-refractivity contribution in [2.75, 3.05) is 17.7 Å². The van der Waals surface area contributed by atoms with E-state index in [1.165, 1.54) is 0 Å². The van der Waals surface area contributed by atoms with E-state index in [1.54, 1.807) is 18.2 Å². The fraction of sp³-hybridized carbons (Fsp3) is 0.167. The summed E-state index contributed by atoms with van der Waals surface area (Å²) in [4.78, 5) is 10.1. The van der Waals surface area contributed by atoms with Gasteiger partial charge in [-0.3, -0.25) is 0 Å². The molecule has 0 saturated heterocycles. The van der Waals surface area contributed by atoms with Crippen LogP contribution in [0.15, 0.2) is 24.3 Å². The van der Waals surface area contributed by atoms with Gasteiger partial charge in [0.25, 0.3) is 0 Å². The highest BCUT2D eigenvalue weighted by Gasteiger charge is 2.09. The number of benzene rings is 1. The van der Waals surface area contributed by atoms with Crippen LogP contribution in [0.25, 0.3) is 0 Å². The second kappa shape index (κ2) is 5.00. The van der Waals surface area contributed by atoms with E-state index in [2.05, 4.69) is 9.97 Å². The summed E-state index contributed by atoms with van der Waals surface area (Å²) in [5, 5.41) is 1.14. The van der Waals surface area contributed by atoms with Gasteiger partial charge < -0.3 is 10.6 Å².